The molecule has 1 amide bonds. The highest BCUT2D eigenvalue weighted by molar-refractivity contribution is 7.16. The predicted octanol–water partition coefficient (Wildman–Crippen LogP) is 2.99. The molecule has 23 heavy (non-hydrogen) atoms. The first-order valence-electron chi connectivity index (χ1n) is 8.03. The van der Waals surface area contributed by atoms with E-state index in [1.54, 1.807) is 11.3 Å². The minimum atomic E-state index is -0.0886. The molecule has 4 nitrogen and oxygen atoms in total. The van der Waals surface area contributed by atoms with Crippen LogP contribution in [-0.2, 0) is 30.6 Å². The van der Waals surface area contributed by atoms with Gasteiger partial charge in [-0.25, -0.2) is 0 Å². The Hall–Kier alpha value is -2.19. The number of anilines is 1. The van der Waals surface area contributed by atoms with Gasteiger partial charge in [0.2, 0.25) is 6.54 Å². The highest BCUT2D eigenvalue weighted by Gasteiger charge is 2.22. The summed E-state index contributed by atoms with van der Waals surface area (Å²) >= 11 is 1.57. The molecule has 2 heterocycles. The van der Waals surface area contributed by atoms with E-state index in [1.165, 1.54) is 16.9 Å². The molecule has 0 spiro atoms. The van der Waals surface area contributed by atoms with Crippen molar-refractivity contribution in [1.29, 1.82) is 5.26 Å². The molecule has 0 aromatic carbocycles. The zero-order valence-electron chi connectivity index (χ0n) is 13.3. The standard InChI is InChI=1S/C18H19N3OS/c1-2-13-7-9-21(10-8-13)12-17(22)20-18-15(11-19)14-5-3-4-6-16(14)23-18/h7-10H,2-6,12H2,1H3/p+1. The summed E-state index contributed by atoms with van der Waals surface area (Å²) in [5.74, 6) is -0.0886. The summed E-state index contributed by atoms with van der Waals surface area (Å²) in [6.45, 7) is 2.37. The molecule has 3 rings (SSSR count). The van der Waals surface area contributed by atoms with E-state index < -0.39 is 0 Å². The fourth-order valence-electron chi connectivity index (χ4n) is 2.93. The van der Waals surface area contributed by atoms with Gasteiger partial charge in [0.15, 0.2) is 12.4 Å². The highest BCUT2D eigenvalue weighted by Crippen LogP contribution is 2.37. The van der Waals surface area contributed by atoms with Gasteiger partial charge in [-0.15, -0.1) is 11.3 Å². The molecule has 0 saturated carbocycles. The summed E-state index contributed by atoms with van der Waals surface area (Å²) in [5, 5.41) is 13.1. The normalized spacial score (nSPS) is 13.2. The fourth-order valence-corrected chi connectivity index (χ4v) is 4.19. The molecule has 118 valence electrons. The number of fused-ring (bicyclic) bond motifs is 1. The molecule has 5 heteroatoms. The lowest BCUT2D eigenvalue weighted by molar-refractivity contribution is -0.684. The van der Waals surface area contributed by atoms with E-state index >= 15 is 0 Å². The second kappa shape index (κ2) is 6.93. The summed E-state index contributed by atoms with van der Waals surface area (Å²) in [7, 11) is 0. The van der Waals surface area contributed by atoms with Crippen LogP contribution in [0.25, 0.3) is 0 Å². The maximum absolute atomic E-state index is 12.3. The van der Waals surface area contributed by atoms with Crippen molar-refractivity contribution in [1.82, 2.24) is 0 Å². The average molecular weight is 326 g/mol. The second-order valence-electron chi connectivity index (χ2n) is 5.81. The molecule has 0 bridgehead atoms. The van der Waals surface area contributed by atoms with Crippen molar-refractivity contribution in [2.45, 2.75) is 45.6 Å². The third kappa shape index (κ3) is 3.43. The van der Waals surface area contributed by atoms with Gasteiger partial charge in [0.1, 0.15) is 11.1 Å². The molecule has 1 N–H and O–H groups in total. The number of hydrogen-bond donors (Lipinski definition) is 1. The maximum Gasteiger partial charge on any atom is 0.290 e. The number of aryl methyl sites for hydroxylation is 2. The molecule has 2 aromatic heterocycles. The molecule has 0 fully saturated rings. The number of carbonyl (C=O) groups is 1. The van der Waals surface area contributed by atoms with Gasteiger partial charge in [0.05, 0.1) is 5.56 Å². The molecule has 0 radical (unpaired) electrons. The van der Waals surface area contributed by atoms with Gasteiger partial charge >= 0.3 is 0 Å². The van der Waals surface area contributed by atoms with E-state index in [0.717, 1.165) is 36.2 Å². The lowest BCUT2D eigenvalue weighted by Crippen LogP contribution is -2.39. The number of nitrogens with zero attached hydrogens (tertiary/aromatic N) is 2. The number of rotatable bonds is 4. The maximum atomic E-state index is 12.3. The molecule has 0 unspecified atom stereocenters. The Kier molecular flexibility index (Phi) is 4.73. The molecule has 0 saturated heterocycles. The molecule has 0 atom stereocenters. The average Bonchev–Trinajstić information content (AvgIpc) is 2.92. The summed E-state index contributed by atoms with van der Waals surface area (Å²) in [4.78, 5) is 13.5. The minimum Gasteiger partial charge on any atom is -0.311 e. The van der Waals surface area contributed by atoms with E-state index in [9.17, 15) is 10.1 Å². The van der Waals surface area contributed by atoms with Crippen LogP contribution in [0.1, 0.15) is 41.3 Å². The molecular weight excluding hydrogens is 306 g/mol. The zero-order valence-corrected chi connectivity index (χ0v) is 14.1. The third-order valence-electron chi connectivity index (χ3n) is 4.23. The van der Waals surface area contributed by atoms with E-state index in [4.69, 9.17) is 0 Å². The van der Waals surface area contributed by atoms with E-state index in [2.05, 4.69) is 18.3 Å². The number of aromatic nitrogens is 1. The quantitative estimate of drug-likeness (QED) is 0.878. The number of hydrogen-bond acceptors (Lipinski definition) is 3. The Morgan fingerprint density at radius 3 is 2.78 bits per heavy atom. The topological polar surface area (TPSA) is 56.8 Å². The van der Waals surface area contributed by atoms with Crippen molar-refractivity contribution in [2.75, 3.05) is 5.32 Å². The van der Waals surface area contributed by atoms with Crippen LogP contribution in [-0.4, -0.2) is 5.91 Å². The Morgan fingerprint density at radius 1 is 1.35 bits per heavy atom. The van der Waals surface area contributed by atoms with Crippen LogP contribution in [0, 0.1) is 11.3 Å². The number of thiophene rings is 1. The van der Waals surface area contributed by atoms with Crippen LogP contribution in [0.15, 0.2) is 24.5 Å². The van der Waals surface area contributed by atoms with E-state index in [1.807, 2.05) is 29.1 Å². The Labute approximate surface area is 140 Å². The summed E-state index contributed by atoms with van der Waals surface area (Å²) < 4.78 is 1.86. The van der Waals surface area contributed by atoms with Crippen molar-refractivity contribution in [2.24, 2.45) is 0 Å². The molecule has 0 aliphatic heterocycles. The van der Waals surface area contributed by atoms with Gasteiger partial charge in [-0.1, -0.05) is 6.92 Å². The predicted molar refractivity (Wildman–Crippen MR) is 90.3 cm³/mol. The Morgan fingerprint density at radius 2 is 2.09 bits per heavy atom. The lowest BCUT2D eigenvalue weighted by Gasteiger charge is -2.09. The summed E-state index contributed by atoms with van der Waals surface area (Å²) in [6.07, 6.45) is 9.11. The number of pyridine rings is 1. The molecule has 1 aliphatic rings. The molecule has 2 aromatic rings. The van der Waals surface area contributed by atoms with Gasteiger partial charge in [0.25, 0.3) is 5.91 Å². The van der Waals surface area contributed by atoms with E-state index in [0.29, 0.717) is 5.56 Å². The monoisotopic (exact) mass is 326 g/mol. The third-order valence-corrected chi connectivity index (χ3v) is 5.44. The van der Waals surface area contributed by atoms with Crippen LogP contribution in [0.5, 0.6) is 0 Å². The SMILES string of the molecule is CCc1cc[n+](CC(=O)Nc2sc3c(c2C#N)CCCC3)cc1. The van der Waals surface area contributed by atoms with Gasteiger partial charge in [-0.05, 0) is 43.2 Å². The highest BCUT2D eigenvalue weighted by atomic mass is 32.1. The largest absolute Gasteiger partial charge is 0.311 e. The zero-order chi connectivity index (χ0) is 16.2. The van der Waals surface area contributed by atoms with Gasteiger partial charge in [-0.3, -0.25) is 4.79 Å². The fraction of sp³-hybridized carbons (Fsp3) is 0.389. The van der Waals surface area contributed by atoms with Crippen LogP contribution >= 0.6 is 11.3 Å². The first-order chi connectivity index (χ1) is 11.2. The van der Waals surface area contributed by atoms with Gasteiger partial charge < -0.3 is 5.32 Å². The van der Waals surface area contributed by atoms with Gasteiger partial charge in [0, 0.05) is 17.0 Å². The van der Waals surface area contributed by atoms with Crippen LogP contribution in [0.2, 0.25) is 0 Å². The van der Waals surface area contributed by atoms with Crippen molar-refractivity contribution >= 4 is 22.2 Å². The van der Waals surface area contributed by atoms with Crippen molar-refractivity contribution in [3.63, 3.8) is 0 Å². The van der Waals surface area contributed by atoms with Gasteiger partial charge in [-0.2, -0.15) is 9.83 Å². The first kappa shape index (κ1) is 15.7. The van der Waals surface area contributed by atoms with Crippen molar-refractivity contribution in [3.05, 3.63) is 46.1 Å². The van der Waals surface area contributed by atoms with Crippen LogP contribution in [0.3, 0.4) is 0 Å². The smallest absolute Gasteiger partial charge is 0.290 e. The van der Waals surface area contributed by atoms with Crippen molar-refractivity contribution < 1.29 is 9.36 Å². The number of nitrogens with one attached hydrogen (secondary N) is 1. The Balaban J connectivity index is 1.72. The lowest BCUT2D eigenvalue weighted by atomic mass is 9.96. The number of nitriles is 1. The van der Waals surface area contributed by atoms with Crippen molar-refractivity contribution in [3.8, 4) is 6.07 Å². The molecular formula is C18H20N3OS+. The number of carbonyl (C=O) groups excluding carboxylic acids is 1. The Bertz CT molecular complexity index is 756. The summed E-state index contributed by atoms with van der Waals surface area (Å²) in [6, 6.07) is 6.33. The second-order valence-corrected chi connectivity index (χ2v) is 6.91. The number of amides is 1. The van der Waals surface area contributed by atoms with E-state index in [-0.39, 0.29) is 12.5 Å². The first-order valence-corrected chi connectivity index (χ1v) is 8.85. The minimum absolute atomic E-state index is 0.0886. The van der Waals surface area contributed by atoms with Crippen LogP contribution in [0.4, 0.5) is 5.00 Å². The summed E-state index contributed by atoms with van der Waals surface area (Å²) in [5.41, 5.74) is 3.07. The van der Waals surface area contributed by atoms with Crippen LogP contribution < -0.4 is 9.88 Å². The molecule has 1 aliphatic carbocycles.